The number of nitrogens with one attached hydrogen (secondary N) is 1. The lowest BCUT2D eigenvalue weighted by Gasteiger charge is -2.25. The molecule has 0 fully saturated rings. The Morgan fingerprint density at radius 2 is 2.24 bits per heavy atom. The molecular weight excluding hydrogens is 283 g/mol. The summed E-state index contributed by atoms with van der Waals surface area (Å²) in [7, 11) is 0. The van der Waals surface area contributed by atoms with Gasteiger partial charge in [0.25, 0.3) is 0 Å². The Kier molecular flexibility index (Phi) is 5.52. The van der Waals surface area contributed by atoms with Crippen molar-refractivity contribution in [2.45, 2.75) is 51.4 Å². The van der Waals surface area contributed by atoms with Gasteiger partial charge in [-0.1, -0.05) is 6.92 Å². The predicted molar refractivity (Wildman–Crippen MR) is 71.7 cm³/mol. The normalized spacial score (nSPS) is 18.6. The lowest BCUT2D eigenvalue weighted by Crippen LogP contribution is -2.27. The van der Waals surface area contributed by atoms with E-state index in [4.69, 9.17) is 0 Å². The molecule has 1 aromatic rings. The summed E-state index contributed by atoms with van der Waals surface area (Å²) < 4.78 is 40.7. The summed E-state index contributed by atoms with van der Waals surface area (Å²) in [5.74, 6) is 0.314. The molecule has 7 heteroatoms. The Bertz CT molecular complexity index is 465. The van der Waals surface area contributed by atoms with Crippen LogP contribution in [0.1, 0.15) is 49.3 Å². The molecule has 0 saturated carbocycles. The van der Waals surface area contributed by atoms with Crippen LogP contribution in [-0.2, 0) is 17.8 Å². The molecule has 118 valence electrons. The van der Waals surface area contributed by atoms with Gasteiger partial charge in [0.15, 0.2) is 5.82 Å². The van der Waals surface area contributed by atoms with Gasteiger partial charge in [0, 0.05) is 23.5 Å². The van der Waals surface area contributed by atoms with Crippen molar-refractivity contribution < 1.29 is 17.9 Å². The van der Waals surface area contributed by atoms with E-state index < -0.39 is 12.8 Å². The van der Waals surface area contributed by atoms with E-state index in [0.29, 0.717) is 5.82 Å². The fraction of sp³-hybridized carbons (Fsp3) is 0.714. The molecule has 21 heavy (non-hydrogen) atoms. The maximum Gasteiger partial charge on any atom is 0.411 e. The van der Waals surface area contributed by atoms with Crippen LogP contribution in [0, 0.1) is 0 Å². The van der Waals surface area contributed by atoms with Crippen LogP contribution in [0.25, 0.3) is 0 Å². The predicted octanol–water partition coefficient (Wildman–Crippen LogP) is 2.93. The number of ether oxygens (including phenoxy) is 1. The van der Waals surface area contributed by atoms with E-state index in [-0.39, 0.29) is 12.6 Å². The van der Waals surface area contributed by atoms with E-state index in [1.807, 2.05) is 0 Å². The summed E-state index contributed by atoms with van der Waals surface area (Å²) in [5, 5.41) is 3.45. The number of fused-ring (bicyclic) bond motifs is 1. The van der Waals surface area contributed by atoms with Gasteiger partial charge in [-0.2, -0.15) is 13.2 Å². The van der Waals surface area contributed by atoms with Crippen LogP contribution in [0.5, 0.6) is 0 Å². The average Bonchev–Trinajstić information content (AvgIpc) is 2.43. The van der Waals surface area contributed by atoms with E-state index in [2.05, 4.69) is 26.9 Å². The molecule has 1 aliphatic rings. The van der Waals surface area contributed by atoms with Crippen LogP contribution in [0.15, 0.2) is 6.20 Å². The van der Waals surface area contributed by atoms with Crippen molar-refractivity contribution in [3.05, 3.63) is 23.3 Å². The van der Waals surface area contributed by atoms with Gasteiger partial charge in [0.05, 0.1) is 0 Å². The molecule has 1 N–H and O–H groups in total. The quantitative estimate of drug-likeness (QED) is 0.878. The summed E-state index contributed by atoms with van der Waals surface area (Å²) in [6, 6.07) is 0.249. The molecule has 1 heterocycles. The Labute approximate surface area is 122 Å². The third-order valence-corrected chi connectivity index (χ3v) is 3.37. The molecule has 2 rings (SSSR count). The van der Waals surface area contributed by atoms with Gasteiger partial charge in [-0.25, -0.2) is 9.97 Å². The maximum atomic E-state index is 12.0. The second-order valence-electron chi connectivity index (χ2n) is 5.20. The van der Waals surface area contributed by atoms with Crippen molar-refractivity contribution in [1.82, 2.24) is 15.3 Å². The smallest absolute Gasteiger partial charge is 0.364 e. The van der Waals surface area contributed by atoms with Gasteiger partial charge in [0.2, 0.25) is 0 Å². The van der Waals surface area contributed by atoms with Gasteiger partial charge in [-0.05, 0) is 32.2 Å². The van der Waals surface area contributed by atoms with Crippen LogP contribution in [0.4, 0.5) is 13.2 Å². The molecule has 1 unspecified atom stereocenters. The molecular formula is C14H20F3N3O. The van der Waals surface area contributed by atoms with Crippen LogP contribution >= 0.6 is 0 Å². The fourth-order valence-corrected chi connectivity index (χ4v) is 2.45. The van der Waals surface area contributed by atoms with Gasteiger partial charge >= 0.3 is 6.18 Å². The summed E-state index contributed by atoms with van der Waals surface area (Å²) >= 11 is 0. The minimum atomic E-state index is -4.32. The molecule has 4 nitrogen and oxygen atoms in total. The van der Waals surface area contributed by atoms with Crippen molar-refractivity contribution in [2.24, 2.45) is 0 Å². The van der Waals surface area contributed by atoms with Gasteiger partial charge in [-0.3, -0.25) is 0 Å². The highest BCUT2D eigenvalue weighted by molar-refractivity contribution is 5.24. The topological polar surface area (TPSA) is 47.0 Å². The summed E-state index contributed by atoms with van der Waals surface area (Å²) in [5.41, 5.74) is 1.99. The number of hydrogen-bond donors (Lipinski definition) is 1. The molecule has 1 atom stereocenters. The highest BCUT2D eigenvalue weighted by atomic mass is 19.4. The second kappa shape index (κ2) is 7.17. The van der Waals surface area contributed by atoms with E-state index in [1.165, 1.54) is 0 Å². The fourth-order valence-electron chi connectivity index (χ4n) is 2.45. The zero-order chi connectivity index (χ0) is 15.3. The Balaban J connectivity index is 1.98. The maximum absolute atomic E-state index is 12.0. The van der Waals surface area contributed by atoms with Crippen molar-refractivity contribution in [2.75, 3.05) is 13.2 Å². The molecule has 0 bridgehead atoms. The molecule has 0 radical (unpaired) electrons. The molecule has 0 aromatic carbocycles. The van der Waals surface area contributed by atoms with E-state index >= 15 is 0 Å². The monoisotopic (exact) mass is 303 g/mol. The molecule has 1 aromatic heterocycles. The third-order valence-electron chi connectivity index (χ3n) is 3.37. The molecule has 0 saturated heterocycles. The van der Waals surface area contributed by atoms with Crippen LogP contribution < -0.4 is 5.32 Å². The SMILES string of the molecule is CCCNC1CCCc2nc(COCC(F)(F)F)ncc21. The van der Waals surface area contributed by atoms with Crippen molar-refractivity contribution >= 4 is 0 Å². The van der Waals surface area contributed by atoms with E-state index in [0.717, 1.165) is 43.5 Å². The van der Waals surface area contributed by atoms with E-state index in [1.54, 1.807) is 6.20 Å². The van der Waals surface area contributed by atoms with Crippen LogP contribution in [0.2, 0.25) is 0 Å². The number of rotatable bonds is 6. The molecule has 0 spiro atoms. The zero-order valence-electron chi connectivity index (χ0n) is 12.0. The minimum absolute atomic E-state index is 0.208. The largest absolute Gasteiger partial charge is 0.411 e. The number of alkyl halides is 3. The van der Waals surface area contributed by atoms with E-state index in [9.17, 15) is 13.2 Å². The number of hydrogen-bond acceptors (Lipinski definition) is 4. The first-order valence-corrected chi connectivity index (χ1v) is 7.22. The van der Waals surface area contributed by atoms with Crippen molar-refractivity contribution in [3.63, 3.8) is 0 Å². The Hall–Kier alpha value is -1.21. The van der Waals surface area contributed by atoms with Gasteiger partial charge < -0.3 is 10.1 Å². The van der Waals surface area contributed by atoms with Crippen LogP contribution in [-0.4, -0.2) is 29.3 Å². The van der Waals surface area contributed by atoms with Crippen molar-refractivity contribution in [1.29, 1.82) is 0 Å². The number of aryl methyl sites for hydroxylation is 1. The molecule has 0 amide bonds. The third kappa shape index (κ3) is 4.93. The number of halogens is 3. The van der Waals surface area contributed by atoms with Gasteiger partial charge in [-0.15, -0.1) is 0 Å². The Morgan fingerprint density at radius 3 is 2.95 bits per heavy atom. The summed E-state index contributed by atoms with van der Waals surface area (Å²) in [6.07, 6.45) is 1.36. The number of aromatic nitrogens is 2. The lowest BCUT2D eigenvalue weighted by atomic mass is 9.92. The zero-order valence-corrected chi connectivity index (χ0v) is 12.0. The second-order valence-corrected chi connectivity index (χ2v) is 5.20. The highest BCUT2D eigenvalue weighted by Gasteiger charge is 2.27. The highest BCUT2D eigenvalue weighted by Crippen LogP contribution is 2.28. The first-order chi connectivity index (χ1) is 9.99. The number of nitrogens with zero attached hydrogens (tertiary/aromatic N) is 2. The van der Waals surface area contributed by atoms with Crippen LogP contribution in [0.3, 0.4) is 0 Å². The summed E-state index contributed by atoms with van der Waals surface area (Å²) in [4.78, 5) is 8.47. The molecule has 0 aliphatic heterocycles. The first-order valence-electron chi connectivity index (χ1n) is 7.22. The first kappa shape index (κ1) is 16.2. The standard InChI is InChI=1S/C14H20F3N3O/c1-2-6-18-11-4-3-5-12-10(11)7-19-13(20-12)8-21-9-14(15,16)17/h7,11,18H,2-6,8-9H2,1H3. The average molecular weight is 303 g/mol. The van der Waals surface area contributed by atoms with Gasteiger partial charge in [0.1, 0.15) is 13.2 Å². The lowest BCUT2D eigenvalue weighted by molar-refractivity contribution is -0.177. The molecule has 1 aliphatic carbocycles. The van der Waals surface area contributed by atoms with Crippen molar-refractivity contribution in [3.8, 4) is 0 Å². The minimum Gasteiger partial charge on any atom is -0.364 e. The summed E-state index contributed by atoms with van der Waals surface area (Å²) in [6.45, 7) is 1.56. The Morgan fingerprint density at radius 1 is 1.43 bits per heavy atom.